The van der Waals surface area contributed by atoms with Crippen LogP contribution in [0.1, 0.15) is 125 Å². The molecule has 0 bridgehead atoms. The predicted octanol–water partition coefficient (Wildman–Crippen LogP) is 4.98. The van der Waals surface area contributed by atoms with Crippen LogP contribution < -0.4 is 16.1 Å². The minimum atomic E-state index is -0.631. The Bertz CT molecular complexity index is 1650. The van der Waals surface area contributed by atoms with E-state index >= 15 is 0 Å². The molecule has 3 aliphatic rings. The first-order valence-corrected chi connectivity index (χ1v) is 19.0. The Morgan fingerprint density at radius 1 is 0.500 bits per heavy atom. The van der Waals surface area contributed by atoms with Crippen molar-refractivity contribution in [2.45, 2.75) is 117 Å². The van der Waals surface area contributed by atoms with Gasteiger partial charge < -0.3 is 48.0 Å². The molecule has 56 heavy (non-hydrogen) atoms. The fraction of sp³-hybridized carbons (Fsp3) is 0.579. The van der Waals surface area contributed by atoms with Gasteiger partial charge in [0.25, 0.3) is 11.8 Å². The number of rotatable bonds is 6. The quantitative estimate of drug-likeness (QED) is 0.297. The molecule has 0 radical (unpaired) electrons. The molecule has 2 aromatic carbocycles. The van der Waals surface area contributed by atoms with Crippen molar-refractivity contribution in [3.8, 4) is 0 Å². The van der Waals surface area contributed by atoms with Crippen LogP contribution in [0.3, 0.4) is 0 Å². The lowest BCUT2D eigenvalue weighted by molar-refractivity contribution is 0.00578. The Labute approximate surface area is 340 Å². The van der Waals surface area contributed by atoms with Crippen LogP contribution in [0.5, 0.6) is 0 Å². The highest BCUT2D eigenvalue weighted by Gasteiger charge is 2.63. The highest BCUT2D eigenvalue weighted by atomic mass is 79.9. The van der Waals surface area contributed by atoms with Crippen LogP contribution in [0.4, 0.5) is 0 Å². The van der Waals surface area contributed by atoms with E-state index in [4.69, 9.17) is 27.9 Å². The minimum absolute atomic E-state index is 0.270. The fourth-order valence-electron chi connectivity index (χ4n) is 5.38. The average Bonchev–Trinajstić information content (AvgIpc) is 3.59. The van der Waals surface area contributed by atoms with Gasteiger partial charge in [0.1, 0.15) is 0 Å². The molecule has 2 N–H and O–H groups in total. The Hall–Kier alpha value is -3.25. The van der Waals surface area contributed by atoms with E-state index in [1.165, 1.54) is 20.3 Å². The zero-order valence-electron chi connectivity index (χ0n) is 35.5. The Morgan fingerprint density at radius 3 is 1.07 bits per heavy atom. The van der Waals surface area contributed by atoms with Crippen LogP contribution in [0, 0.1) is 0 Å². The van der Waals surface area contributed by atoms with Crippen LogP contribution in [0.25, 0.3) is 0 Å². The number of nitrogens with one attached hydrogen (secondary N) is 2. The first-order valence-electron chi connectivity index (χ1n) is 18.2. The molecule has 2 amide bonds. The van der Waals surface area contributed by atoms with E-state index in [0.717, 1.165) is 0 Å². The van der Waals surface area contributed by atoms with Gasteiger partial charge in [-0.2, -0.15) is 0 Å². The molecule has 0 saturated carbocycles. The van der Waals surface area contributed by atoms with Crippen LogP contribution in [0.15, 0.2) is 40.9 Å². The van der Waals surface area contributed by atoms with Crippen LogP contribution in [0.2, 0.25) is 0 Å². The lowest BCUT2D eigenvalue weighted by Gasteiger charge is -2.32. The van der Waals surface area contributed by atoms with E-state index in [9.17, 15) is 19.2 Å². The Morgan fingerprint density at radius 2 is 0.786 bits per heavy atom. The van der Waals surface area contributed by atoms with Gasteiger partial charge in [-0.1, -0.05) is 15.9 Å². The SMILES string of the molecule is CC1(C)OB(B2OC(C)(C)C(C)(C)O2)OC1(C)C.CNC(=O)c1cc(B2OC(C)(C)C(C)(C)O2)cc(C(=O)NC)c1.COC(=O)c1cc(Br)cc(C(=O)OC)c1. The van der Waals surface area contributed by atoms with Crippen LogP contribution >= 0.6 is 15.9 Å². The number of ether oxygens (including phenoxy) is 2. The lowest BCUT2D eigenvalue weighted by atomic mass is 9.49. The molecule has 3 heterocycles. The average molecular weight is 845 g/mol. The first kappa shape index (κ1) is 47.1. The number of methoxy groups -OCH3 is 2. The summed E-state index contributed by atoms with van der Waals surface area (Å²) in [5.41, 5.74) is -0.410. The van der Waals surface area contributed by atoms with Gasteiger partial charge in [0, 0.05) is 29.7 Å². The lowest BCUT2D eigenvalue weighted by Crippen LogP contribution is -2.41. The Balaban J connectivity index is 0.000000231. The summed E-state index contributed by atoms with van der Waals surface area (Å²) >= 11 is 3.19. The van der Waals surface area contributed by atoms with Gasteiger partial charge in [-0.25, -0.2) is 9.59 Å². The van der Waals surface area contributed by atoms with Gasteiger partial charge in [-0.3, -0.25) is 9.59 Å². The summed E-state index contributed by atoms with van der Waals surface area (Å²) in [7, 11) is 4.06. The molecule has 0 spiro atoms. The second kappa shape index (κ2) is 17.3. The van der Waals surface area contributed by atoms with E-state index in [-0.39, 0.29) is 34.2 Å². The largest absolute Gasteiger partial charge is 0.494 e. The predicted molar refractivity (Wildman–Crippen MR) is 218 cm³/mol. The fourth-order valence-corrected chi connectivity index (χ4v) is 5.87. The summed E-state index contributed by atoms with van der Waals surface area (Å²) in [4.78, 5) is 46.4. The highest BCUT2D eigenvalue weighted by Crippen LogP contribution is 2.43. The number of esters is 2. The van der Waals surface area contributed by atoms with Gasteiger partial charge in [0.2, 0.25) is 0 Å². The standard InChI is InChI=1S/C16H23BN2O4.C12H24B2O4.C10H9BrO4/c1-15(2)16(3,4)23-17(22-15)12-8-10(13(20)18-5)7-11(9-12)14(21)19-6;1-9(2)10(3,4)16-13(15-9)14-17-11(5,6)12(7,8)18-14;1-14-9(12)6-3-7(10(13)15-2)5-8(11)4-6/h7-9H,1-6H3,(H,18,20)(H,19,21);1-8H3;3-5H,1-2H3. The zero-order chi connectivity index (χ0) is 42.8. The molecule has 306 valence electrons. The number of benzene rings is 2. The number of amides is 2. The maximum Gasteiger partial charge on any atom is 0.494 e. The van der Waals surface area contributed by atoms with Gasteiger partial charge in [0.05, 0.1) is 59.0 Å². The molecule has 3 saturated heterocycles. The minimum Gasteiger partial charge on any atom is -0.465 e. The molecular weight excluding hydrogens is 789 g/mol. The molecule has 0 aromatic heterocycles. The second-order valence-corrected chi connectivity index (χ2v) is 17.5. The summed E-state index contributed by atoms with van der Waals surface area (Å²) in [5, 5.41) is 5.13. The van der Waals surface area contributed by atoms with Crippen LogP contribution in [-0.2, 0) is 37.4 Å². The van der Waals surface area contributed by atoms with Crippen molar-refractivity contribution in [1.29, 1.82) is 0 Å². The number of hydrogen-bond acceptors (Lipinski definition) is 12. The van der Waals surface area contributed by atoms with Gasteiger partial charge in [-0.15, -0.1) is 0 Å². The van der Waals surface area contributed by atoms with Gasteiger partial charge in [0.15, 0.2) is 0 Å². The molecule has 2 aromatic rings. The molecule has 3 aliphatic heterocycles. The summed E-state index contributed by atoms with van der Waals surface area (Å²) in [5.74, 6) is -1.54. The van der Waals surface area contributed by atoms with Crippen LogP contribution in [-0.4, -0.2) is 107 Å². The number of halogens is 1. The summed E-state index contributed by atoms with van der Waals surface area (Å²) in [6.07, 6.45) is 0. The monoisotopic (exact) mass is 844 g/mol. The van der Waals surface area contributed by atoms with E-state index < -0.39 is 44.3 Å². The first-order chi connectivity index (χ1) is 25.6. The van der Waals surface area contributed by atoms with E-state index in [1.807, 2.05) is 83.1 Å². The number of carbonyl (C=O) groups excluding carboxylic acids is 4. The van der Waals surface area contributed by atoms with E-state index in [2.05, 4.69) is 36.0 Å². The highest BCUT2D eigenvalue weighted by molar-refractivity contribution is 9.10. The summed E-state index contributed by atoms with van der Waals surface area (Å²) < 4.78 is 45.6. The molecule has 0 atom stereocenters. The normalized spacial score (nSPS) is 20.5. The maximum atomic E-state index is 12.0. The molecule has 14 nitrogen and oxygen atoms in total. The van der Waals surface area contributed by atoms with Gasteiger partial charge in [-0.05, 0) is 125 Å². The molecule has 18 heteroatoms. The zero-order valence-corrected chi connectivity index (χ0v) is 37.1. The molecule has 0 unspecified atom stereocenters. The van der Waals surface area contributed by atoms with Crippen molar-refractivity contribution in [3.05, 3.63) is 63.1 Å². The third-order valence-corrected chi connectivity index (χ3v) is 11.4. The van der Waals surface area contributed by atoms with Crippen molar-refractivity contribution >= 4 is 66.3 Å². The summed E-state index contributed by atoms with van der Waals surface area (Å²) in [6, 6.07) is 9.48. The van der Waals surface area contributed by atoms with Crippen molar-refractivity contribution in [2.75, 3.05) is 28.3 Å². The summed E-state index contributed by atoms with van der Waals surface area (Å²) in [6.45, 7) is 24.0. The number of carbonyl (C=O) groups is 4. The third-order valence-electron chi connectivity index (χ3n) is 11.0. The smallest absolute Gasteiger partial charge is 0.465 e. The molecule has 0 aliphatic carbocycles. The van der Waals surface area contributed by atoms with Crippen molar-refractivity contribution < 1.29 is 56.6 Å². The molecule has 5 rings (SSSR count). The third kappa shape index (κ3) is 10.4. The van der Waals surface area contributed by atoms with E-state index in [0.29, 0.717) is 32.2 Å². The number of hydrogen-bond donors (Lipinski definition) is 2. The molecular formula is C38H56B3BrN2O12. The Kier molecular flexibility index (Phi) is 14.6. The maximum absolute atomic E-state index is 12.0. The van der Waals surface area contributed by atoms with Gasteiger partial charge >= 0.3 is 33.1 Å². The molecule has 3 fully saturated rings. The van der Waals surface area contributed by atoms with Crippen molar-refractivity contribution in [3.63, 3.8) is 0 Å². The van der Waals surface area contributed by atoms with E-state index in [1.54, 1.807) is 44.4 Å². The van der Waals surface area contributed by atoms with Crippen molar-refractivity contribution in [1.82, 2.24) is 10.6 Å². The second-order valence-electron chi connectivity index (χ2n) is 16.6. The van der Waals surface area contributed by atoms with Crippen molar-refractivity contribution in [2.24, 2.45) is 0 Å². The topological polar surface area (TPSA) is 166 Å².